The first-order chi connectivity index (χ1) is 14.3. The molecule has 1 unspecified atom stereocenters. The van der Waals surface area contributed by atoms with Crippen molar-refractivity contribution in [1.29, 1.82) is 0 Å². The Morgan fingerprint density at radius 1 is 1.06 bits per heavy atom. The van der Waals surface area contributed by atoms with Gasteiger partial charge in [0.2, 0.25) is 11.8 Å². The van der Waals surface area contributed by atoms with Crippen molar-refractivity contribution in [2.24, 2.45) is 11.1 Å². The van der Waals surface area contributed by atoms with E-state index >= 15 is 0 Å². The zero-order valence-electron chi connectivity index (χ0n) is 18.3. The first-order valence-electron chi connectivity index (χ1n) is 10.0. The summed E-state index contributed by atoms with van der Waals surface area (Å²) in [5, 5.41) is 7.57. The molecule has 1 aliphatic heterocycles. The molecule has 1 rings (SSSR count). The predicted octanol–water partition coefficient (Wildman–Crippen LogP) is -0.645. The Balaban J connectivity index is 2.59. The lowest BCUT2D eigenvalue weighted by Crippen LogP contribution is -2.52. The monoisotopic (exact) mass is 437 g/mol. The molecule has 0 saturated carbocycles. The number of carbonyl (C=O) groups excluding carboxylic acids is 6. The van der Waals surface area contributed by atoms with Gasteiger partial charge in [-0.3, -0.25) is 28.9 Å². The second kappa shape index (κ2) is 11.2. The number of rotatable bonds is 11. The minimum Gasteiger partial charge on any atom is -0.352 e. The molecular weight excluding hydrogens is 406 g/mol. The predicted molar refractivity (Wildman–Crippen MR) is 111 cm³/mol. The highest BCUT2D eigenvalue weighted by atomic mass is 16.2. The third kappa shape index (κ3) is 8.57. The number of urea groups is 1. The Hall–Kier alpha value is -3.24. The van der Waals surface area contributed by atoms with Gasteiger partial charge in [0.25, 0.3) is 11.8 Å². The molecule has 2 atom stereocenters. The molecule has 0 spiro atoms. The fourth-order valence-electron chi connectivity index (χ4n) is 2.85. The molecule has 31 heavy (non-hydrogen) atoms. The van der Waals surface area contributed by atoms with Crippen LogP contribution < -0.4 is 21.7 Å². The number of hydrogen-bond donors (Lipinski definition) is 4. The Bertz CT molecular complexity index is 753. The average molecular weight is 437 g/mol. The number of nitrogens with one attached hydrogen (secondary N) is 3. The van der Waals surface area contributed by atoms with Crippen molar-refractivity contribution in [3.05, 3.63) is 12.2 Å². The smallest absolute Gasteiger partial charge is 0.312 e. The number of imide groups is 1. The minimum absolute atomic E-state index is 0.0944. The Kier molecular flexibility index (Phi) is 9.35. The number of amides is 6. The van der Waals surface area contributed by atoms with Crippen LogP contribution in [0.2, 0.25) is 0 Å². The van der Waals surface area contributed by atoms with Crippen LogP contribution in [0.5, 0.6) is 0 Å². The normalized spacial score (nSPS) is 15.4. The fourth-order valence-corrected chi connectivity index (χ4v) is 2.85. The molecule has 0 bridgehead atoms. The van der Waals surface area contributed by atoms with Gasteiger partial charge in [0, 0.05) is 37.1 Å². The summed E-state index contributed by atoms with van der Waals surface area (Å²) in [5.74, 6) is -2.22. The molecule has 5 N–H and O–H groups in total. The van der Waals surface area contributed by atoms with Crippen molar-refractivity contribution >= 4 is 35.4 Å². The van der Waals surface area contributed by atoms with Crippen LogP contribution in [-0.4, -0.2) is 65.5 Å². The van der Waals surface area contributed by atoms with Crippen molar-refractivity contribution < 1.29 is 28.8 Å². The molecule has 0 radical (unpaired) electrons. The third-order valence-corrected chi connectivity index (χ3v) is 4.57. The SMILES string of the molecule is CC(NC(=O)CCN1C(=O)C=CC1=O)C(=O)N[C@@H](CCCNC(N)=O)C(=O)C(C)(C)C. The van der Waals surface area contributed by atoms with Gasteiger partial charge in [-0.2, -0.15) is 0 Å². The number of carbonyl (C=O) groups is 6. The summed E-state index contributed by atoms with van der Waals surface area (Å²) in [7, 11) is 0. The molecule has 11 nitrogen and oxygen atoms in total. The summed E-state index contributed by atoms with van der Waals surface area (Å²) in [6.45, 7) is 6.83. The van der Waals surface area contributed by atoms with Gasteiger partial charge < -0.3 is 21.7 Å². The van der Waals surface area contributed by atoms with Crippen LogP contribution in [-0.2, 0) is 24.0 Å². The Morgan fingerprint density at radius 2 is 1.65 bits per heavy atom. The summed E-state index contributed by atoms with van der Waals surface area (Å²) in [6, 6.07) is -2.41. The van der Waals surface area contributed by atoms with E-state index in [1.54, 1.807) is 20.8 Å². The zero-order chi connectivity index (χ0) is 23.8. The van der Waals surface area contributed by atoms with Crippen LogP contribution in [0, 0.1) is 5.41 Å². The second-order valence-electron chi connectivity index (χ2n) is 8.31. The van der Waals surface area contributed by atoms with Crippen molar-refractivity contribution in [3.8, 4) is 0 Å². The van der Waals surface area contributed by atoms with Crippen molar-refractivity contribution in [1.82, 2.24) is 20.9 Å². The summed E-state index contributed by atoms with van der Waals surface area (Å²) >= 11 is 0. The fraction of sp³-hybridized carbons (Fsp3) is 0.600. The largest absolute Gasteiger partial charge is 0.352 e. The van der Waals surface area contributed by atoms with Gasteiger partial charge in [-0.15, -0.1) is 0 Å². The molecule has 0 saturated heterocycles. The van der Waals surface area contributed by atoms with Crippen LogP contribution >= 0.6 is 0 Å². The van der Waals surface area contributed by atoms with Crippen molar-refractivity contribution in [2.75, 3.05) is 13.1 Å². The third-order valence-electron chi connectivity index (χ3n) is 4.57. The topological polar surface area (TPSA) is 168 Å². The van der Waals surface area contributed by atoms with Gasteiger partial charge >= 0.3 is 6.03 Å². The van der Waals surface area contributed by atoms with E-state index in [4.69, 9.17) is 5.73 Å². The standard InChI is InChI=1S/C20H31N5O6/c1-12(23-14(26)9-11-25-15(27)7-8-16(25)28)18(30)24-13(17(29)20(2,3)4)6-5-10-22-19(21)31/h7-8,12-13H,5-6,9-11H2,1-4H3,(H,23,26)(H,24,30)(H3,21,22,31)/t12?,13-/m0/s1. The van der Waals surface area contributed by atoms with E-state index in [0.29, 0.717) is 6.42 Å². The van der Waals surface area contributed by atoms with Crippen LogP contribution in [0.3, 0.4) is 0 Å². The maximum absolute atomic E-state index is 12.7. The molecule has 172 valence electrons. The quantitative estimate of drug-likeness (QED) is 0.247. The molecule has 1 heterocycles. The van der Waals surface area contributed by atoms with Crippen LogP contribution in [0.1, 0.15) is 47.0 Å². The molecule has 11 heteroatoms. The lowest BCUT2D eigenvalue weighted by atomic mass is 9.84. The van der Waals surface area contributed by atoms with Crippen LogP contribution in [0.25, 0.3) is 0 Å². The first kappa shape index (κ1) is 25.8. The van der Waals surface area contributed by atoms with Gasteiger partial charge in [0.15, 0.2) is 5.78 Å². The molecule has 0 aromatic rings. The molecular formula is C20H31N5O6. The summed E-state index contributed by atoms with van der Waals surface area (Å²) in [5.41, 5.74) is 4.31. The maximum atomic E-state index is 12.7. The van der Waals surface area contributed by atoms with Crippen molar-refractivity contribution in [3.63, 3.8) is 0 Å². The van der Waals surface area contributed by atoms with Crippen molar-refractivity contribution in [2.45, 2.75) is 59.0 Å². The lowest BCUT2D eigenvalue weighted by molar-refractivity contribution is -0.137. The Morgan fingerprint density at radius 3 is 2.16 bits per heavy atom. The number of Topliss-reactive ketones (excluding diaryl/α,β-unsaturated/α-hetero) is 1. The van der Waals surface area contributed by atoms with Gasteiger partial charge in [-0.25, -0.2) is 4.79 Å². The van der Waals surface area contributed by atoms with Gasteiger partial charge in [-0.1, -0.05) is 20.8 Å². The highest BCUT2D eigenvalue weighted by Gasteiger charge is 2.31. The van der Waals surface area contributed by atoms with E-state index in [9.17, 15) is 28.8 Å². The number of nitrogens with zero attached hydrogens (tertiary/aromatic N) is 1. The summed E-state index contributed by atoms with van der Waals surface area (Å²) in [6.07, 6.45) is 2.81. The van der Waals surface area contributed by atoms with E-state index in [-0.39, 0.29) is 31.7 Å². The molecule has 1 aliphatic rings. The average Bonchev–Trinajstić information content (AvgIpc) is 2.98. The van der Waals surface area contributed by atoms with E-state index in [1.165, 1.54) is 6.92 Å². The van der Waals surface area contributed by atoms with E-state index in [0.717, 1.165) is 17.1 Å². The molecule has 0 aromatic heterocycles. The minimum atomic E-state index is -0.936. The highest BCUT2D eigenvalue weighted by Crippen LogP contribution is 2.19. The van der Waals surface area contributed by atoms with Crippen LogP contribution in [0.15, 0.2) is 12.2 Å². The number of hydrogen-bond acceptors (Lipinski definition) is 6. The number of primary amides is 1. The van der Waals surface area contributed by atoms with E-state index in [1.807, 2.05) is 0 Å². The van der Waals surface area contributed by atoms with Gasteiger partial charge in [0.1, 0.15) is 6.04 Å². The highest BCUT2D eigenvalue weighted by molar-refractivity contribution is 6.13. The van der Waals surface area contributed by atoms with Crippen LogP contribution in [0.4, 0.5) is 4.79 Å². The Labute approximate surface area is 181 Å². The zero-order valence-corrected chi connectivity index (χ0v) is 18.3. The number of nitrogens with two attached hydrogens (primary N) is 1. The molecule has 6 amide bonds. The van der Waals surface area contributed by atoms with E-state index in [2.05, 4.69) is 16.0 Å². The summed E-state index contributed by atoms with van der Waals surface area (Å²) in [4.78, 5) is 72.0. The molecule has 0 fully saturated rings. The maximum Gasteiger partial charge on any atom is 0.312 e. The number of ketones is 1. The molecule has 0 aliphatic carbocycles. The summed E-state index contributed by atoms with van der Waals surface area (Å²) < 4.78 is 0. The molecule has 0 aromatic carbocycles. The van der Waals surface area contributed by atoms with Gasteiger partial charge in [0.05, 0.1) is 6.04 Å². The lowest BCUT2D eigenvalue weighted by Gasteiger charge is -2.27. The second-order valence-corrected chi connectivity index (χ2v) is 8.31. The van der Waals surface area contributed by atoms with Gasteiger partial charge in [-0.05, 0) is 19.8 Å². The van der Waals surface area contributed by atoms with E-state index < -0.39 is 47.2 Å². The first-order valence-corrected chi connectivity index (χ1v) is 10.0.